The quantitative estimate of drug-likeness (QED) is 0.711. The number of aromatic hydroxyl groups is 1. The zero-order chi connectivity index (χ0) is 18.8. The van der Waals surface area contributed by atoms with Crippen molar-refractivity contribution in [1.29, 1.82) is 0 Å². The summed E-state index contributed by atoms with van der Waals surface area (Å²) in [6, 6.07) is 15.2. The van der Waals surface area contributed by atoms with Crippen LogP contribution in [0.5, 0.6) is 5.75 Å². The second-order valence-electron chi connectivity index (χ2n) is 7.05. The number of hydrogen-bond acceptors (Lipinski definition) is 5. The smallest absolute Gasteiger partial charge is 0.243 e. The molecule has 6 heteroatoms. The first kappa shape index (κ1) is 17.9. The van der Waals surface area contributed by atoms with Crippen molar-refractivity contribution in [3.63, 3.8) is 0 Å². The Labute approximate surface area is 162 Å². The molecule has 1 fully saturated rings. The van der Waals surface area contributed by atoms with Gasteiger partial charge in [0.25, 0.3) is 0 Å². The van der Waals surface area contributed by atoms with Crippen molar-refractivity contribution >= 4 is 32.6 Å². The van der Waals surface area contributed by atoms with Gasteiger partial charge in [-0.05, 0) is 68.6 Å². The summed E-state index contributed by atoms with van der Waals surface area (Å²) in [5.41, 5.74) is 2.18. The Hall–Kier alpha value is -2.44. The highest BCUT2D eigenvalue weighted by Gasteiger charge is 2.27. The number of likely N-dealkylation sites (tertiary alicyclic amines) is 1. The third-order valence-corrected chi connectivity index (χ3v) is 6.30. The van der Waals surface area contributed by atoms with E-state index in [0.29, 0.717) is 16.8 Å². The highest BCUT2D eigenvalue weighted by atomic mass is 32.1. The van der Waals surface area contributed by atoms with Crippen molar-refractivity contribution in [2.24, 2.45) is 0 Å². The number of rotatable bonds is 4. The number of anilines is 1. The number of amides is 1. The molecule has 27 heavy (non-hydrogen) atoms. The van der Waals surface area contributed by atoms with E-state index in [9.17, 15) is 9.90 Å². The lowest BCUT2D eigenvalue weighted by atomic mass is 9.89. The minimum absolute atomic E-state index is 0.00265. The van der Waals surface area contributed by atoms with Gasteiger partial charge in [0.15, 0.2) is 5.13 Å². The summed E-state index contributed by atoms with van der Waals surface area (Å²) in [6.07, 6.45) is 2.03. The fraction of sp³-hybridized carbons (Fsp3) is 0.333. The summed E-state index contributed by atoms with van der Waals surface area (Å²) < 4.78 is 1.08. The molecule has 0 saturated carbocycles. The maximum Gasteiger partial charge on any atom is 0.243 e. The van der Waals surface area contributed by atoms with Crippen LogP contribution in [0.25, 0.3) is 10.2 Å². The lowest BCUT2D eigenvalue weighted by Gasteiger charge is -2.35. The summed E-state index contributed by atoms with van der Waals surface area (Å²) in [5, 5.41) is 13.1. The monoisotopic (exact) mass is 381 g/mol. The normalized spacial score (nSPS) is 17.1. The summed E-state index contributed by atoms with van der Waals surface area (Å²) in [7, 11) is 0. The summed E-state index contributed by atoms with van der Waals surface area (Å²) >= 11 is 1.51. The van der Waals surface area contributed by atoms with Gasteiger partial charge in [-0.1, -0.05) is 35.6 Å². The molecule has 1 saturated heterocycles. The van der Waals surface area contributed by atoms with Crippen LogP contribution in [0.3, 0.4) is 0 Å². The van der Waals surface area contributed by atoms with Crippen LogP contribution < -0.4 is 5.32 Å². The molecule has 1 unspecified atom stereocenters. The van der Waals surface area contributed by atoms with Gasteiger partial charge in [-0.25, -0.2) is 4.98 Å². The van der Waals surface area contributed by atoms with Crippen LogP contribution >= 0.6 is 11.3 Å². The first-order valence-electron chi connectivity index (χ1n) is 9.29. The van der Waals surface area contributed by atoms with Crippen LogP contribution in [0.4, 0.5) is 5.13 Å². The molecule has 1 amide bonds. The fourth-order valence-electron chi connectivity index (χ4n) is 3.67. The molecule has 1 aliphatic rings. The van der Waals surface area contributed by atoms with Gasteiger partial charge in [0.2, 0.25) is 5.91 Å². The van der Waals surface area contributed by atoms with Crippen LogP contribution in [0.2, 0.25) is 0 Å². The van der Waals surface area contributed by atoms with Gasteiger partial charge in [0.05, 0.1) is 16.3 Å². The van der Waals surface area contributed by atoms with E-state index >= 15 is 0 Å². The van der Waals surface area contributed by atoms with Crippen molar-refractivity contribution in [2.45, 2.75) is 31.7 Å². The molecule has 0 spiro atoms. The van der Waals surface area contributed by atoms with Gasteiger partial charge < -0.3 is 10.4 Å². The van der Waals surface area contributed by atoms with Gasteiger partial charge in [0.1, 0.15) is 5.75 Å². The van der Waals surface area contributed by atoms with Gasteiger partial charge >= 0.3 is 0 Å². The molecular formula is C21H23N3O2S. The molecule has 0 radical (unpaired) electrons. The van der Waals surface area contributed by atoms with Gasteiger partial charge in [-0.15, -0.1) is 0 Å². The van der Waals surface area contributed by atoms with Crippen LogP contribution in [-0.2, 0) is 4.79 Å². The van der Waals surface area contributed by atoms with E-state index < -0.39 is 0 Å². The zero-order valence-corrected chi connectivity index (χ0v) is 16.1. The molecule has 1 aliphatic heterocycles. The van der Waals surface area contributed by atoms with E-state index in [-0.39, 0.29) is 11.9 Å². The Kier molecular flexibility index (Phi) is 5.09. The number of para-hydroxylation sites is 1. The van der Waals surface area contributed by atoms with Gasteiger partial charge in [0, 0.05) is 0 Å². The van der Waals surface area contributed by atoms with Crippen LogP contribution in [0.15, 0.2) is 48.5 Å². The third-order valence-electron chi connectivity index (χ3n) is 5.35. The number of phenols is 1. The average molecular weight is 382 g/mol. The predicted molar refractivity (Wildman–Crippen MR) is 109 cm³/mol. The SMILES string of the molecule is CC(C(=O)Nc1nc2ccccc2s1)N1CCC(c2ccc(O)cc2)CC1. The predicted octanol–water partition coefficient (Wildman–Crippen LogP) is 4.21. The Morgan fingerprint density at radius 1 is 1.19 bits per heavy atom. The summed E-state index contributed by atoms with van der Waals surface area (Å²) in [4.78, 5) is 19.4. The number of phenolic OH excluding ortho intramolecular Hbond substituents is 1. The van der Waals surface area contributed by atoms with E-state index in [2.05, 4.69) is 15.2 Å². The number of hydrogen-bond donors (Lipinski definition) is 2. The third kappa shape index (κ3) is 3.96. The van der Waals surface area contributed by atoms with Crippen LogP contribution in [0.1, 0.15) is 31.2 Å². The molecule has 0 bridgehead atoms. The molecule has 4 rings (SSSR count). The van der Waals surface area contributed by atoms with E-state index in [1.807, 2.05) is 43.3 Å². The van der Waals surface area contributed by atoms with E-state index in [1.54, 1.807) is 12.1 Å². The number of benzene rings is 2. The molecule has 2 heterocycles. The molecule has 1 aromatic heterocycles. The largest absolute Gasteiger partial charge is 0.508 e. The maximum absolute atomic E-state index is 12.7. The number of carbonyl (C=O) groups excluding carboxylic acids is 1. The lowest BCUT2D eigenvalue weighted by Crippen LogP contribution is -2.45. The molecule has 140 valence electrons. The number of nitrogens with one attached hydrogen (secondary N) is 1. The number of nitrogens with zero attached hydrogens (tertiary/aromatic N) is 2. The number of fused-ring (bicyclic) bond motifs is 1. The summed E-state index contributed by atoms with van der Waals surface area (Å²) in [6.45, 7) is 3.74. The second kappa shape index (κ2) is 7.66. The Morgan fingerprint density at radius 2 is 1.89 bits per heavy atom. The molecule has 2 N–H and O–H groups in total. The molecule has 5 nitrogen and oxygen atoms in total. The minimum Gasteiger partial charge on any atom is -0.508 e. The van der Waals surface area contributed by atoms with Crippen molar-refractivity contribution < 1.29 is 9.90 Å². The number of carbonyl (C=O) groups is 1. The van der Waals surface area contributed by atoms with Crippen LogP contribution in [-0.4, -0.2) is 40.0 Å². The Bertz CT molecular complexity index is 897. The standard InChI is InChI=1S/C21H23N3O2S/c1-14(20(26)23-21-22-18-4-2-3-5-19(18)27-21)24-12-10-16(11-13-24)15-6-8-17(25)9-7-15/h2-9,14,16,25H,10-13H2,1H3,(H,22,23,26). The number of thiazole rings is 1. The molecule has 2 aromatic carbocycles. The van der Waals surface area contributed by atoms with E-state index in [1.165, 1.54) is 16.9 Å². The van der Waals surface area contributed by atoms with Crippen LogP contribution in [0, 0.1) is 0 Å². The zero-order valence-electron chi connectivity index (χ0n) is 15.3. The van der Waals surface area contributed by atoms with E-state index in [4.69, 9.17) is 0 Å². The summed E-state index contributed by atoms with van der Waals surface area (Å²) in [5.74, 6) is 0.787. The van der Waals surface area contributed by atoms with E-state index in [0.717, 1.165) is 36.1 Å². The highest BCUT2D eigenvalue weighted by molar-refractivity contribution is 7.22. The van der Waals surface area contributed by atoms with Crippen molar-refractivity contribution in [1.82, 2.24) is 9.88 Å². The highest BCUT2D eigenvalue weighted by Crippen LogP contribution is 2.30. The lowest BCUT2D eigenvalue weighted by molar-refractivity contribution is -0.121. The van der Waals surface area contributed by atoms with Gasteiger partial charge in [-0.3, -0.25) is 9.69 Å². The fourth-order valence-corrected chi connectivity index (χ4v) is 4.54. The first-order valence-corrected chi connectivity index (χ1v) is 10.1. The van der Waals surface area contributed by atoms with Gasteiger partial charge in [-0.2, -0.15) is 0 Å². The number of piperidine rings is 1. The topological polar surface area (TPSA) is 65.5 Å². The minimum atomic E-state index is -0.183. The molecule has 0 aliphatic carbocycles. The molecule has 1 atom stereocenters. The maximum atomic E-state index is 12.7. The Balaban J connectivity index is 1.34. The van der Waals surface area contributed by atoms with Crippen molar-refractivity contribution in [2.75, 3.05) is 18.4 Å². The first-order chi connectivity index (χ1) is 13.1. The molecular weight excluding hydrogens is 358 g/mol. The van der Waals surface area contributed by atoms with Crippen molar-refractivity contribution in [3.05, 3.63) is 54.1 Å². The Morgan fingerprint density at radius 3 is 2.59 bits per heavy atom. The molecule has 3 aromatic rings. The van der Waals surface area contributed by atoms with Crippen molar-refractivity contribution in [3.8, 4) is 5.75 Å². The second-order valence-corrected chi connectivity index (χ2v) is 8.08. The average Bonchev–Trinajstić information content (AvgIpc) is 3.10. The number of aromatic nitrogens is 1.